The number of hydrogen-bond acceptors (Lipinski definition) is 4. The molecule has 0 saturated heterocycles. The first-order valence-corrected chi connectivity index (χ1v) is 7.01. The van der Waals surface area contributed by atoms with Crippen LogP contribution >= 0.6 is 0 Å². The molecule has 0 spiro atoms. The molecule has 1 aromatic heterocycles. The summed E-state index contributed by atoms with van der Waals surface area (Å²) in [6.45, 7) is 4.19. The summed E-state index contributed by atoms with van der Waals surface area (Å²) in [6, 6.07) is 8.42. The van der Waals surface area contributed by atoms with Gasteiger partial charge in [-0.05, 0) is 49.6 Å². The van der Waals surface area contributed by atoms with E-state index >= 15 is 0 Å². The SMILES string of the molecule is COc1ccc(CC(C)Nc2cncc(C)c2)cc1OC. The molecular weight excluding hydrogens is 264 g/mol. The van der Waals surface area contributed by atoms with Crippen molar-refractivity contribution in [1.29, 1.82) is 0 Å². The van der Waals surface area contributed by atoms with Gasteiger partial charge >= 0.3 is 0 Å². The third kappa shape index (κ3) is 4.12. The molecule has 1 atom stereocenters. The summed E-state index contributed by atoms with van der Waals surface area (Å²) in [4.78, 5) is 4.20. The molecule has 0 bridgehead atoms. The van der Waals surface area contributed by atoms with E-state index in [1.807, 2.05) is 31.5 Å². The molecule has 0 amide bonds. The highest BCUT2D eigenvalue weighted by molar-refractivity contribution is 5.45. The van der Waals surface area contributed by atoms with Gasteiger partial charge < -0.3 is 14.8 Å². The van der Waals surface area contributed by atoms with Crippen LogP contribution < -0.4 is 14.8 Å². The number of hydrogen-bond donors (Lipinski definition) is 1. The minimum absolute atomic E-state index is 0.298. The second-order valence-electron chi connectivity index (χ2n) is 5.19. The number of aryl methyl sites for hydroxylation is 1. The van der Waals surface area contributed by atoms with Gasteiger partial charge in [-0.15, -0.1) is 0 Å². The highest BCUT2D eigenvalue weighted by Gasteiger charge is 2.08. The van der Waals surface area contributed by atoms with Crippen LogP contribution in [0.2, 0.25) is 0 Å². The molecule has 4 nitrogen and oxygen atoms in total. The third-order valence-electron chi connectivity index (χ3n) is 3.28. The van der Waals surface area contributed by atoms with Crippen molar-refractivity contribution in [2.45, 2.75) is 26.3 Å². The molecule has 0 radical (unpaired) electrons. The number of rotatable bonds is 6. The molecule has 0 fully saturated rings. The van der Waals surface area contributed by atoms with Crippen molar-refractivity contribution in [3.63, 3.8) is 0 Å². The van der Waals surface area contributed by atoms with Gasteiger partial charge in [0.1, 0.15) is 0 Å². The number of ether oxygens (including phenoxy) is 2. The second kappa shape index (κ2) is 6.97. The molecule has 112 valence electrons. The first kappa shape index (κ1) is 15.2. The lowest BCUT2D eigenvalue weighted by atomic mass is 10.1. The second-order valence-corrected chi connectivity index (χ2v) is 5.19. The number of nitrogens with one attached hydrogen (secondary N) is 1. The Morgan fingerprint density at radius 3 is 2.52 bits per heavy atom. The van der Waals surface area contributed by atoms with E-state index in [2.05, 4.69) is 29.4 Å². The summed E-state index contributed by atoms with van der Waals surface area (Å²) in [5.74, 6) is 1.52. The van der Waals surface area contributed by atoms with E-state index in [0.717, 1.165) is 29.2 Å². The lowest BCUT2D eigenvalue weighted by Crippen LogP contribution is -2.18. The van der Waals surface area contributed by atoms with E-state index in [1.165, 1.54) is 5.56 Å². The predicted octanol–water partition coefficient (Wildman–Crippen LogP) is 3.45. The fourth-order valence-electron chi connectivity index (χ4n) is 2.33. The van der Waals surface area contributed by atoms with E-state index in [4.69, 9.17) is 9.47 Å². The van der Waals surface area contributed by atoms with Gasteiger partial charge in [-0.3, -0.25) is 4.98 Å². The molecule has 1 aromatic carbocycles. The Labute approximate surface area is 126 Å². The summed E-state index contributed by atoms with van der Waals surface area (Å²) >= 11 is 0. The first-order valence-electron chi connectivity index (χ1n) is 7.01. The molecule has 2 rings (SSSR count). The summed E-state index contributed by atoms with van der Waals surface area (Å²) in [6.07, 6.45) is 4.59. The fourth-order valence-corrected chi connectivity index (χ4v) is 2.33. The largest absolute Gasteiger partial charge is 0.493 e. The minimum Gasteiger partial charge on any atom is -0.493 e. The van der Waals surface area contributed by atoms with Crippen LogP contribution in [0.15, 0.2) is 36.7 Å². The number of pyridine rings is 1. The van der Waals surface area contributed by atoms with Crippen molar-refractivity contribution in [2.24, 2.45) is 0 Å². The van der Waals surface area contributed by atoms with E-state index in [-0.39, 0.29) is 0 Å². The Hall–Kier alpha value is -2.23. The van der Waals surface area contributed by atoms with E-state index in [9.17, 15) is 0 Å². The highest BCUT2D eigenvalue weighted by Crippen LogP contribution is 2.28. The van der Waals surface area contributed by atoms with Crippen molar-refractivity contribution >= 4 is 5.69 Å². The molecule has 2 aromatic rings. The zero-order chi connectivity index (χ0) is 15.2. The van der Waals surface area contributed by atoms with Crippen LogP contribution in [-0.4, -0.2) is 25.2 Å². The highest BCUT2D eigenvalue weighted by atomic mass is 16.5. The quantitative estimate of drug-likeness (QED) is 0.883. The molecule has 1 N–H and O–H groups in total. The standard InChI is InChI=1S/C17H22N2O2/c1-12-7-15(11-18-10-12)19-13(2)8-14-5-6-16(20-3)17(9-14)21-4/h5-7,9-11,13,19H,8H2,1-4H3. The van der Waals surface area contributed by atoms with Gasteiger partial charge in [0.05, 0.1) is 19.9 Å². The Morgan fingerprint density at radius 2 is 1.86 bits per heavy atom. The van der Waals surface area contributed by atoms with E-state index < -0.39 is 0 Å². The molecule has 0 aliphatic carbocycles. The van der Waals surface area contributed by atoms with Gasteiger partial charge in [-0.1, -0.05) is 6.07 Å². The molecule has 0 aliphatic rings. The zero-order valence-electron chi connectivity index (χ0n) is 13.0. The molecule has 0 aliphatic heterocycles. The van der Waals surface area contributed by atoms with Crippen molar-refractivity contribution in [1.82, 2.24) is 4.98 Å². The first-order chi connectivity index (χ1) is 10.1. The topological polar surface area (TPSA) is 43.4 Å². The number of benzene rings is 1. The van der Waals surface area contributed by atoms with Gasteiger partial charge in [-0.2, -0.15) is 0 Å². The molecule has 21 heavy (non-hydrogen) atoms. The molecule has 4 heteroatoms. The lowest BCUT2D eigenvalue weighted by molar-refractivity contribution is 0.354. The van der Waals surface area contributed by atoms with Gasteiger partial charge in [0.15, 0.2) is 11.5 Å². The monoisotopic (exact) mass is 286 g/mol. The van der Waals surface area contributed by atoms with Crippen LogP contribution in [0.25, 0.3) is 0 Å². The minimum atomic E-state index is 0.298. The van der Waals surface area contributed by atoms with Crippen LogP contribution in [0.4, 0.5) is 5.69 Å². The Bertz CT molecular complexity index is 599. The van der Waals surface area contributed by atoms with Gasteiger partial charge in [0.2, 0.25) is 0 Å². The van der Waals surface area contributed by atoms with Crippen LogP contribution in [0.3, 0.4) is 0 Å². The van der Waals surface area contributed by atoms with Crippen molar-refractivity contribution in [2.75, 3.05) is 19.5 Å². The van der Waals surface area contributed by atoms with Crippen molar-refractivity contribution in [3.05, 3.63) is 47.8 Å². The number of aromatic nitrogens is 1. The summed E-state index contributed by atoms with van der Waals surface area (Å²) in [5, 5.41) is 3.46. The maximum atomic E-state index is 5.34. The molecule has 1 unspecified atom stereocenters. The van der Waals surface area contributed by atoms with Crippen LogP contribution in [-0.2, 0) is 6.42 Å². The Kier molecular flexibility index (Phi) is 5.04. The zero-order valence-corrected chi connectivity index (χ0v) is 13.0. The van der Waals surface area contributed by atoms with Crippen molar-refractivity contribution in [3.8, 4) is 11.5 Å². The van der Waals surface area contributed by atoms with Gasteiger partial charge in [0.25, 0.3) is 0 Å². The van der Waals surface area contributed by atoms with Crippen LogP contribution in [0.1, 0.15) is 18.1 Å². The molecular formula is C17H22N2O2. The van der Waals surface area contributed by atoms with Gasteiger partial charge in [0, 0.05) is 18.4 Å². The molecule has 1 heterocycles. The third-order valence-corrected chi connectivity index (χ3v) is 3.28. The smallest absolute Gasteiger partial charge is 0.160 e. The number of nitrogens with zero attached hydrogens (tertiary/aromatic N) is 1. The van der Waals surface area contributed by atoms with Crippen LogP contribution in [0, 0.1) is 6.92 Å². The average Bonchev–Trinajstić information content (AvgIpc) is 2.47. The lowest BCUT2D eigenvalue weighted by Gasteiger charge is -2.16. The number of methoxy groups -OCH3 is 2. The van der Waals surface area contributed by atoms with Crippen molar-refractivity contribution < 1.29 is 9.47 Å². The van der Waals surface area contributed by atoms with E-state index in [0.29, 0.717) is 6.04 Å². The fraction of sp³-hybridized carbons (Fsp3) is 0.353. The Morgan fingerprint density at radius 1 is 1.10 bits per heavy atom. The number of anilines is 1. The maximum absolute atomic E-state index is 5.34. The predicted molar refractivity (Wildman–Crippen MR) is 85.3 cm³/mol. The summed E-state index contributed by atoms with van der Waals surface area (Å²) in [5.41, 5.74) is 3.40. The maximum Gasteiger partial charge on any atom is 0.160 e. The van der Waals surface area contributed by atoms with Crippen LogP contribution in [0.5, 0.6) is 11.5 Å². The summed E-state index contributed by atoms with van der Waals surface area (Å²) in [7, 11) is 3.30. The molecule has 0 saturated carbocycles. The van der Waals surface area contributed by atoms with E-state index in [1.54, 1.807) is 14.2 Å². The summed E-state index contributed by atoms with van der Waals surface area (Å²) < 4.78 is 10.6. The van der Waals surface area contributed by atoms with Gasteiger partial charge in [-0.25, -0.2) is 0 Å². The normalized spacial score (nSPS) is 11.8. The Balaban J connectivity index is 2.04. The average molecular weight is 286 g/mol.